The van der Waals surface area contributed by atoms with Gasteiger partial charge in [0.25, 0.3) is 0 Å². The maximum Gasteiger partial charge on any atom is 0.472 e. The number of phosphoric acid groups is 1. The summed E-state index contributed by atoms with van der Waals surface area (Å²) < 4.78 is 39.4. The van der Waals surface area contributed by atoms with Crippen molar-refractivity contribution in [3.05, 3.63) is 24.3 Å². The van der Waals surface area contributed by atoms with Crippen molar-refractivity contribution in [3.8, 4) is 0 Å². The maximum atomic E-state index is 12.8. The van der Waals surface area contributed by atoms with Crippen molar-refractivity contribution in [1.29, 1.82) is 0 Å². The number of aliphatic hydroxyl groups excluding tert-OH is 5. The van der Waals surface area contributed by atoms with Gasteiger partial charge in [-0.3, -0.25) is 18.6 Å². The predicted octanol–water partition coefficient (Wildman–Crippen LogP) is 8.60. The average molecular weight is 905 g/mol. The smallest absolute Gasteiger partial charge is 0.462 e. The molecule has 2 fully saturated rings. The Kier molecular flexibility index (Phi) is 31.5. The van der Waals surface area contributed by atoms with E-state index in [-0.39, 0.29) is 12.8 Å². The van der Waals surface area contributed by atoms with E-state index in [9.17, 15) is 44.6 Å². The van der Waals surface area contributed by atoms with E-state index in [2.05, 4.69) is 38.2 Å². The van der Waals surface area contributed by atoms with E-state index in [0.717, 1.165) is 77.0 Å². The van der Waals surface area contributed by atoms with E-state index in [1.165, 1.54) is 77.0 Å². The van der Waals surface area contributed by atoms with Gasteiger partial charge in [-0.25, -0.2) is 4.57 Å². The van der Waals surface area contributed by atoms with Crippen LogP contribution in [0.3, 0.4) is 0 Å². The summed E-state index contributed by atoms with van der Waals surface area (Å²) in [4.78, 5) is 35.8. The van der Waals surface area contributed by atoms with E-state index < -0.39 is 75.7 Å². The van der Waals surface area contributed by atoms with E-state index >= 15 is 0 Å². The van der Waals surface area contributed by atoms with Crippen LogP contribution in [-0.2, 0) is 37.4 Å². The number of allylic oxidation sites excluding steroid dienone is 3. The zero-order valence-corrected chi connectivity index (χ0v) is 39.0. The highest BCUT2D eigenvalue weighted by Gasteiger charge is 2.51. The molecule has 15 heteroatoms. The number of ether oxygens (including phenoxy) is 3. The Hall–Kier alpha value is -1.71. The largest absolute Gasteiger partial charge is 0.472 e. The molecule has 5 unspecified atom stereocenters. The molecule has 0 spiro atoms. The molecule has 10 atom stereocenters. The van der Waals surface area contributed by atoms with Crippen molar-refractivity contribution in [2.24, 2.45) is 0 Å². The Morgan fingerprint density at radius 2 is 1.02 bits per heavy atom. The van der Waals surface area contributed by atoms with Gasteiger partial charge in [0.15, 0.2) is 6.10 Å². The Labute approximate surface area is 372 Å². The van der Waals surface area contributed by atoms with Crippen LogP contribution < -0.4 is 0 Å². The molecule has 0 radical (unpaired) electrons. The average Bonchev–Trinajstić information content (AvgIpc) is 4.01. The summed E-state index contributed by atoms with van der Waals surface area (Å²) in [6, 6.07) is 0. The van der Waals surface area contributed by atoms with Crippen LogP contribution in [0.2, 0.25) is 0 Å². The number of epoxide rings is 1. The van der Waals surface area contributed by atoms with Crippen LogP contribution in [0, 0.1) is 0 Å². The highest BCUT2D eigenvalue weighted by molar-refractivity contribution is 7.47. The molecule has 14 nitrogen and oxygen atoms in total. The van der Waals surface area contributed by atoms with Gasteiger partial charge in [-0.1, -0.05) is 141 Å². The number of carbonyl (C=O) groups excluding carboxylic acids is 2. The van der Waals surface area contributed by atoms with E-state index in [4.69, 9.17) is 23.3 Å². The van der Waals surface area contributed by atoms with Crippen molar-refractivity contribution in [2.75, 3.05) is 13.2 Å². The molecular weight excluding hydrogens is 819 g/mol. The lowest BCUT2D eigenvalue weighted by molar-refractivity contribution is -0.220. The minimum Gasteiger partial charge on any atom is -0.462 e. The van der Waals surface area contributed by atoms with Crippen LogP contribution in [0.25, 0.3) is 0 Å². The first-order valence-corrected chi connectivity index (χ1v) is 25.8. The lowest BCUT2D eigenvalue weighted by Gasteiger charge is -2.41. The van der Waals surface area contributed by atoms with Gasteiger partial charge in [-0.05, 0) is 64.2 Å². The molecule has 1 heterocycles. The second kappa shape index (κ2) is 34.6. The number of hydrogen-bond acceptors (Lipinski definition) is 13. The fourth-order valence-corrected chi connectivity index (χ4v) is 8.61. The standard InChI is InChI=1S/C47H85O14P/c1-3-5-7-9-11-12-13-14-15-16-17-18-19-20-21-25-30-34-41(49)59-37(36-58-62(55,56)61-47-45(53)43(51)42(50)44(52)46(47)54)35-57-40(48)33-29-26-22-24-28-32-39-38(60-39)31-27-23-10-8-6-4-2/h14-15,23,27,37-39,42-47,50-54H,3-13,16-22,24-26,28-36H2,1-2H3,(H,55,56)/b15-14-,27-23-/t37-,38?,39?,42?,43-,44+,45-,46-,47?/m1/s1. The Morgan fingerprint density at radius 1 is 0.565 bits per heavy atom. The zero-order valence-electron chi connectivity index (χ0n) is 38.1. The summed E-state index contributed by atoms with van der Waals surface area (Å²) in [6.45, 7) is 3.25. The minimum absolute atomic E-state index is 0.0867. The molecule has 1 saturated heterocycles. The molecule has 0 aromatic rings. The van der Waals surface area contributed by atoms with Crippen LogP contribution in [0.1, 0.15) is 194 Å². The number of hydrogen-bond donors (Lipinski definition) is 6. The number of phosphoric ester groups is 1. The lowest BCUT2D eigenvalue weighted by atomic mass is 9.85. The summed E-state index contributed by atoms with van der Waals surface area (Å²) in [7, 11) is -5.13. The Bertz CT molecular complexity index is 1250. The number of esters is 2. The molecule has 362 valence electrons. The fourth-order valence-electron chi connectivity index (χ4n) is 7.64. The van der Waals surface area contributed by atoms with Crippen LogP contribution in [0.5, 0.6) is 0 Å². The molecule has 1 aliphatic heterocycles. The zero-order chi connectivity index (χ0) is 45.4. The molecule has 1 saturated carbocycles. The number of carbonyl (C=O) groups is 2. The van der Waals surface area contributed by atoms with Crippen molar-refractivity contribution in [3.63, 3.8) is 0 Å². The van der Waals surface area contributed by atoms with E-state index in [1.807, 2.05) is 0 Å². The molecule has 0 aromatic heterocycles. The molecule has 2 aliphatic rings. The van der Waals surface area contributed by atoms with Gasteiger partial charge in [-0.15, -0.1) is 0 Å². The summed E-state index contributed by atoms with van der Waals surface area (Å²) in [5.74, 6) is -1.12. The van der Waals surface area contributed by atoms with Crippen molar-refractivity contribution >= 4 is 19.8 Å². The first-order valence-electron chi connectivity index (χ1n) is 24.3. The third kappa shape index (κ3) is 26.3. The molecular formula is C47H85O14P. The molecule has 1 aliphatic carbocycles. The SMILES string of the molecule is CCCCC/C=C\CC1OC1CCCCCCCC(=O)OC[C@H](COP(=O)(O)OC1[C@H](O)[C@H](O)C(O)[C@H](O)[C@H]1O)OC(=O)CCCCCCCCC/C=C\CCCCCCCC. The Balaban J connectivity index is 1.69. The molecule has 0 aromatic carbocycles. The van der Waals surface area contributed by atoms with E-state index in [1.54, 1.807) is 0 Å². The highest BCUT2D eigenvalue weighted by Crippen LogP contribution is 2.47. The fraction of sp³-hybridized carbons (Fsp3) is 0.872. The highest BCUT2D eigenvalue weighted by atomic mass is 31.2. The van der Waals surface area contributed by atoms with Gasteiger partial charge in [0.2, 0.25) is 0 Å². The first kappa shape index (κ1) is 56.4. The number of rotatable bonds is 39. The Morgan fingerprint density at radius 3 is 1.60 bits per heavy atom. The monoisotopic (exact) mass is 905 g/mol. The molecule has 0 amide bonds. The van der Waals surface area contributed by atoms with Gasteiger partial charge in [0.1, 0.15) is 43.2 Å². The minimum atomic E-state index is -5.13. The molecule has 6 N–H and O–H groups in total. The van der Waals surface area contributed by atoms with Crippen molar-refractivity contribution < 1.29 is 67.8 Å². The molecule has 2 rings (SSSR count). The number of unbranched alkanes of at least 4 members (excludes halogenated alkanes) is 20. The van der Waals surface area contributed by atoms with E-state index in [0.29, 0.717) is 25.0 Å². The van der Waals surface area contributed by atoms with Gasteiger partial charge in [0.05, 0.1) is 18.8 Å². The quantitative estimate of drug-likeness (QED) is 0.0112. The first-order chi connectivity index (χ1) is 29.9. The normalized spacial score (nSPS) is 25.3. The van der Waals surface area contributed by atoms with Gasteiger partial charge >= 0.3 is 19.8 Å². The summed E-state index contributed by atoms with van der Waals surface area (Å²) >= 11 is 0. The van der Waals surface area contributed by atoms with Crippen LogP contribution in [0.4, 0.5) is 0 Å². The third-order valence-corrected chi connectivity index (χ3v) is 12.7. The summed E-state index contributed by atoms with van der Waals surface area (Å²) in [6.07, 6.45) is 25.3. The van der Waals surface area contributed by atoms with Gasteiger partial charge < -0.3 is 44.6 Å². The predicted molar refractivity (Wildman–Crippen MR) is 239 cm³/mol. The third-order valence-electron chi connectivity index (χ3n) is 11.7. The second-order valence-corrected chi connectivity index (χ2v) is 18.8. The maximum absolute atomic E-state index is 12.8. The summed E-state index contributed by atoms with van der Waals surface area (Å²) in [5, 5.41) is 50.2. The second-order valence-electron chi connectivity index (χ2n) is 17.3. The molecule has 62 heavy (non-hydrogen) atoms. The van der Waals surface area contributed by atoms with Gasteiger partial charge in [-0.2, -0.15) is 0 Å². The van der Waals surface area contributed by atoms with Crippen LogP contribution in [0.15, 0.2) is 24.3 Å². The van der Waals surface area contributed by atoms with Crippen LogP contribution in [-0.4, -0.2) is 111 Å². The molecule has 0 bridgehead atoms. The lowest BCUT2D eigenvalue weighted by Crippen LogP contribution is -2.64. The summed E-state index contributed by atoms with van der Waals surface area (Å²) in [5.41, 5.74) is 0. The van der Waals surface area contributed by atoms with Crippen LogP contribution >= 0.6 is 7.82 Å². The van der Waals surface area contributed by atoms with Gasteiger partial charge in [0, 0.05) is 12.8 Å². The number of aliphatic hydroxyl groups is 5. The van der Waals surface area contributed by atoms with Crippen molar-refractivity contribution in [2.45, 2.75) is 249 Å². The van der Waals surface area contributed by atoms with Crippen molar-refractivity contribution in [1.82, 2.24) is 0 Å². The topological polar surface area (TPSA) is 222 Å².